The van der Waals surface area contributed by atoms with Crippen molar-refractivity contribution in [1.29, 1.82) is 0 Å². The third-order valence-corrected chi connectivity index (χ3v) is 2.50. The van der Waals surface area contributed by atoms with Gasteiger partial charge in [0.25, 0.3) is 0 Å². The van der Waals surface area contributed by atoms with Crippen molar-refractivity contribution in [2.24, 2.45) is 0 Å². The zero-order chi connectivity index (χ0) is 8.55. The molecule has 0 fully saturated rings. The van der Waals surface area contributed by atoms with E-state index in [-0.39, 0.29) is 0 Å². The number of allylic oxidation sites excluding steroid dienone is 3. The van der Waals surface area contributed by atoms with E-state index in [1.165, 1.54) is 0 Å². The number of nitrogens with zero attached hydrogens (tertiary/aromatic N) is 1. The maximum atomic E-state index is 10.6. The van der Waals surface area contributed by atoms with Crippen molar-refractivity contribution in [1.82, 2.24) is 4.90 Å². The molecule has 0 aromatic carbocycles. The lowest BCUT2D eigenvalue weighted by Gasteiger charge is -2.15. The van der Waals surface area contributed by atoms with Gasteiger partial charge in [0.05, 0.1) is 11.4 Å². The Balaban J connectivity index is 2.48. The molecule has 0 amide bonds. The van der Waals surface area contributed by atoms with Crippen molar-refractivity contribution in [3.05, 3.63) is 36.2 Å². The number of fused-ring (bicyclic) bond motifs is 1. The van der Waals surface area contributed by atoms with Crippen LogP contribution in [0.1, 0.15) is 0 Å². The molecule has 0 saturated heterocycles. The first-order valence-corrected chi connectivity index (χ1v) is 4.63. The van der Waals surface area contributed by atoms with Crippen LogP contribution in [-0.4, -0.2) is 24.7 Å². The summed E-state index contributed by atoms with van der Waals surface area (Å²) < 4.78 is 21.2. The van der Waals surface area contributed by atoms with Crippen LogP contribution in [0.2, 0.25) is 0 Å². The van der Waals surface area contributed by atoms with Crippen molar-refractivity contribution in [2.45, 2.75) is 0 Å². The molecule has 0 saturated carbocycles. The van der Waals surface area contributed by atoms with Gasteiger partial charge in [-0.15, -0.1) is 0 Å². The van der Waals surface area contributed by atoms with Gasteiger partial charge in [-0.1, -0.05) is 6.08 Å². The highest BCUT2D eigenvalue weighted by atomic mass is 32.2. The van der Waals surface area contributed by atoms with Crippen LogP contribution in [-0.2, 0) is 10.3 Å². The molecule has 3 nitrogen and oxygen atoms in total. The quantitative estimate of drug-likeness (QED) is 0.505. The van der Waals surface area contributed by atoms with E-state index >= 15 is 0 Å². The molecule has 62 valence electrons. The van der Waals surface area contributed by atoms with Gasteiger partial charge >= 0.3 is 0 Å². The lowest BCUT2D eigenvalue weighted by Crippen LogP contribution is -2.16. The summed E-state index contributed by atoms with van der Waals surface area (Å²) in [4.78, 5) is 2.34. The zero-order valence-corrected chi connectivity index (χ0v) is 7.08. The van der Waals surface area contributed by atoms with Crippen LogP contribution in [0.25, 0.3) is 0 Å². The first kappa shape index (κ1) is 7.36. The van der Waals surface area contributed by atoms with E-state index in [9.17, 15) is 8.42 Å². The molecule has 0 bridgehead atoms. The van der Waals surface area contributed by atoms with Crippen LogP contribution in [0.3, 0.4) is 0 Å². The third kappa shape index (κ3) is 1.10. The molecular weight excluding hydrogens is 174 g/mol. The standard InChI is InChI=1S/C8H7NO2S/c10-12(11)8-5-7-3-1-2-4-9(7)6-8/h1-5H,6H2. The summed E-state index contributed by atoms with van der Waals surface area (Å²) >= 11 is 0. The summed E-state index contributed by atoms with van der Waals surface area (Å²) in [5, 5.41) is 0. The highest BCUT2D eigenvalue weighted by molar-refractivity contribution is 7.73. The van der Waals surface area contributed by atoms with Crippen molar-refractivity contribution in [2.75, 3.05) is 6.54 Å². The summed E-state index contributed by atoms with van der Waals surface area (Å²) in [7, 11) is -2.08. The Bertz CT molecular complexity index is 418. The maximum Gasteiger partial charge on any atom is 0.219 e. The molecule has 0 spiro atoms. The maximum absolute atomic E-state index is 10.6. The van der Waals surface area contributed by atoms with Gasteiger partial charge < -0.3 is 4.90 Å². The highest BCUT2D eigenvalue weighted by Crippen LogP contribution is 2.17. The molecule has 12 heavy (non-hydrogen) atoms. The molecule has 0 N–H and O–H groups in total. The highest BCUT2D eigenvalue weighted by Gasteiger charge is 2.17. The third-order valence-electron chi connectivity index (χ3n) is 1.82. The molecule has 0 aromatic heterocycles. The molecule has 2 heterocycles. The first-order valence-electron chi connectivity index (χ1n) is 3.56. The second-order valence-electron chi connectivity index (χ2n) is 2.60. The predicted octanol–water partition coefficient (Wildman–Crippen LogP) is 0.321. The fourth-order valence-electron chi connectivity index (χ4n) is 1.24. The second kappa shape index (κ2) is 2.64. The SMILES string of the molecule is O=S(=O)=C1C=C2C=CC=CN2C1. The number of rotatable bonds is 0. The van der Waals surface area contributed by atoms with Gasteiger partial charge in [0.1, 0.15) is 0 Å². The van der Waals surface area contributed by atoms with E-state index in [0.717, 1.165) is 5.70 Å². The number of hydrogen-bond acceptors (Lipinski definition) is 3. The van der Waals surface area contributed by atoms with Crippen LogP contribution in [0.15, 0.2) is 36.2 Å². The van der Waals surface area contributed by atoms with E-state index in [4.69, 9.17) is 0 Å². The largest absolute Gasteiger partial charge is 0.342 e. The van der Waals surface area contributed by atoms with Crippen LogP contribution in [0.4, 0.5) is 0 Å². The normalized spacial score (nSPS) is 19.5. The van der Waals surface area contributed by atoms with Crippen LogP contribution in [0, 0.1) is 0 Å². The Hall–Kier alpha value is -1.29. The summed E-state index contributed by atoms with van der Waals surface area (Å²) in [6.07, 6.45) is 9.21. The predicted molar refractivity (Wildman–Crippen MR) is 47.0 cm³/mol. The summed E-state index contributed by atoms with van der Waals surface area (Å²) in [5.41, 5.74) is 0.941. The Morgan fingerprint density at radius 2 is 2.17 bits per heavy atom. The Kier molecular flexibility index (Phi) is 1.62. The Labute approximate surface area is 71.8 Å². The van der Waals surface area contributed by atoms with Gasteiger partial charge in [0.15, 0.2) is 0 Å². The van der Waals surface area contributed by atoms with Gasteiger partial charge in [-0.25, -0.2) is 0 Å². The Morgan fingerprint density at radius 3 is 2.83 bits per heavy atom. The van der Waals surface area contributed by atoms with E-state index in [2.05, 4.69) is 0 Å². The summed E-state index contributed by atoms with van der Waals surface area (Å²) in [6, 6.07) is 0. The molecule has 0 atom stereocenters. The van der Waals surface area contributed by atoms with Gasteiger partial charge in [0.2, 0.25) is 10.3 Å². The average molecular weight is 181 g/mol. The monoisotopic (exact) mass is 181 g/mol. The van der Waals surface area contributed by atoms with E-state index in [1.807, 2.05) is 29.3 Å². The van der Waals surface area contributed by atoms with Gasteiger partial charge in [-0.05, 0) is 18.2 Å². The topological polar surface area (TPSA) is 37.4 Å². The average Bonchev–Trinajstić information content (AvgIpc) is 2.46. The molecule has 4 heteroatoms. The van der Waals surface area contributed by atoms with E-state index < -0.39 is 10.3 Å². The van der Waals surface area contributed by atoms with Crippen LogP contribution in [0.5, 0.6) is 0 Å². The molecular formula is C8H7NO2S. The van der Waals surface area contributed by atoms with Crippen molar-refractivity contribution < 1.29 is 8.42 Å². The van der Waals surface area contributed by atoms with Crippen LogP contribution < -0.4 is 0 Å². The van der Waals surface area contributed by atoms with Crippen molar-refractivity contribution in [3.63, 3.8) is 0 Å². The fourth-order valence-corrected chi connectivity index (χ4v) is 1.71. The summed E-state index contributed by atoms with van der Waals surface area (Å²) in [6.45, 7) is 0.465. The van der Waals surface area contributed by atoms with Crippen LogP contribution >= 0.6 is 0 Å². The Morgan fingerprint density at radius 1 is 1.33 bits per heavy atom. The van der Waals surface area contributed by atoms with E-state index in [1.54, 1.807) is 6.08 Å². The molecule has 0 aliphatic carbocycles. The molecule has 0 radical (unpaired) electrons. The smallest absolute Gasteiger partial charge is 0.219 e. The minimum Gasteiger partial charge on any atom is -0.342 e. The molecule has 2 aliphatic rings. The van der Waals surface area contributed by atoms with Crippen molar-refractivity contribution >= 4 is 15.2 Å². The molecule has 2 rings (SSSR count). The first-order chi connectivity index (χ1) is 5.77. The minimum atomic E-state index is -2.08. The lowest BCUT2D eigenvalue weighted by atomic mass is 10.3. The lowest BCUT2D eigenvalue weighted by molar-refractivity contribution is 0.563. The van der Waals surface area contributed by atoms with Crippen molar-refractivity contribution in [3.8, 4) is 0 Å². The van der Waals surface area contributed by atoms with Gasteiger partial charge in [-0.3, -0.25) is 0 Å². The molecule has 2 aliphatic heterocycles. The van der Waals surface area contributed by atoms with Gasteiger partial charge in [-0.2, -0.15) is 8.42 Å². The molecule has 0 unspecified atom stereocenters. The molecule has 0 aromatic rings. The van der Waals surface area contributed by atoms with Gasteiger partial charge in [0, 0.05) is 11.9 Å². The van der Waals surface area contributed by atoms with E-state index in [0.29, 0.717) is 11.4 Å². The fraction of sp³-hybridized carbons (Fsp3) is 0.125. The zero-order valence-electron chi connectivity index (χ0n) is 6.27. The number of hydrogen-bond donors (Lipinski definition) is 0. The summed E-state index contributed by atoms with van der Waals surface area (Å²) in [5.74, 6) is 0. The minimum absolute atomic E-state index is 0.446. The second-order valence-corrected chi connectivity index (χ2v) is 3.59.